The molecular weight excluding hydrogens is 272 g/mol. The van der Waals surface area contributed by atoms with Crippen molar-refractivity contribution < 1.29 is 22.7 Å². The first-order valence-electron chi connectivity index (χ1n) is 6.42. The summed E-state index contributed by atoms with van der Waals surface area (Å²) in [6.45, 7) is 4.27. The van der Waals surface area contributed by atoms with Gasteiger partial charge in [0, 0.05) is 12.6 Å². The number of esters is 1. The molecule has 0 amide bonds. The first-order valence-corrected chi connectivity index (χ1v) is 8.07. The number of carbonyl (C=O) groups excluding carboxylic acids is 1. The summed E-state index contributed by atoms with van der Waals surface area (Å²) in [5, 5.41) is 0. The molecule has 1 rings (SSSR count). The third-order valence-electron chi connectivity index (χ3n) is 2.94. The highest BCUT2D eigenvalue weighted by Crippen LogP contribution is 2.23. The summed E-state index contributed by atoms with van der Waals surface area (Å²) < 4.78 is 36.2. The Morgan fingerprint density at radius 2 is 2.05 bits per heavy atom. The monoisotopic (exact) mass is 294 g/mol. The number of ether oxygens (including phenoxy) is 2. The van der Waals surface area contributed by atoms with Crippen molar-refractivity contribution >= 4 is 16.0 Å². The van der Waals surface area contributed by atoms with Crippen LogP contribution in [0.5, 0.6) is 0 Å². The van der Waals surface area contributed by atoms with Gasteiger partial charge in [-0.2, -0.15) is 0 Å². The van der Waals surface area contributed by atoms with Crippen molar-refractivity contribution in [3.63, 3.8) is 0 Å². The van der Waals surface area contributed by atoms with Crippen LogP contribution in [0.2, 0.25) is 0 Å². The normalized spacial score (nSPS) is 26.8. The largest absolute Gasteiger partial charge is 0.466 e. The third kappa shape index (κ3) is 5.06. The van der Waals surface area contributed by atoms with E-state index < -0.39 is 22.0 Å². The number of hydrogen-bond donors (Lipinski definition) is 2. The molecule has 3 N–H and O–H groups in total. The van der Waals surface area contributed by atoms with E-state index in [2.05, 4.69) is 9.46 Å². The highest BCUT2D eigenvalue weighted by molar-refractivity contribution is 7.89. The molecule has 1 fully saturated rings. The molecule has 0 aromatic rings. The summed E-state index contributed by atoms with van der Waals surface area (Å²) in [5.41, 5.74) is 5.76. The summed E-state index contributed by atoms with van der Waals surface area (Å²) in [6.07, 6.45) is 0.293. The van der Waals surface area contributed by atoms with E-state index in [-0.39, 0.29) is 30.9 Å². The van der Waals surface area contributed by atoms with Crippen LogP contribution in [0.4, 0.5) is 0 Å². The topological polar surface area (TPSA) is 108 Å². The van der Waals surface area contributed by atoms with E-state index in [0.717, 1.165) is 0 Å². The third-order valence-corrected chi connectivity index (χ3v) is 4.32. The number of carbonyl (C=O) groups is 1. The minimum atomic E-state index is -3.55. The first-order chi connectivity index (χ1) is 8.89. The van der Waals surface area contributed by atoms with Gasteiger partial charge in [-0.3, -0.25) is 4.79 Å². The van der Waals surface area contributed by atoms with Gasteiger partial charge < -0.3 is 15.2 Å². The molecule has 112 valence electrons. The van der Waals surface area contributed by atoms with Gasteiger partial charge in [-0.15, -0.1) is 0 Å². The molecule has 0 saturated heterocycles. The fourth-order valence-electron chi connectivity index (χ4n) is 1.91. The number of rotatable bonds is 8. The standard InChI is InChI=1S/C11H22N2O5S/c1-3-17-9-7-8(12)11(9)13-19(15,16)6-5-10(14)18-4-2/h8-9,11,13H,3-7,12H2,1-2H3. The maximum Gasteiger partial charge on any atom is 0.306 e. The highest BCUT2D eigenvalue weighted by Gasteiger charge is 2.41. The Kier molecular flexibility index (Phi) is 6.18. The molecule has 1 aliphatic carbocycles. The van der Waals surface area contributed by atoms with Gasteiger partial charge >= 0.3 is 5.97 Å². The Bertz CT molecular complexity index is 396. The van der Waals surface area contributed by atoms with Crippen molar-refractivity contribution in [3.05, 3.63) is 0 Å². The zero-order valence-corrected chi connectivity index (χ0v) is 12.1. The Morgan fingerprint density at radius 1 is 1.37 bits per heavy atom. The molecule has 1 saturated carbocycles. The average Bonchev–Trinajstić information content (AvgIpc) is 2.34. The molecule has 7 nitrogen and oxygen atoms in total. The second kappa shape index (κ2) is 7.18. The smallest absolute Gasteiger partial charge is 0.306 e. The predicted octanol–water partition coefficient (Wildman–Crippen LogP) is -0.636. The van der Waals surface area contributed by atoms with Gasteiger partial charge in [-0.25, -0.2) is 13.1 Å². The van der Waals surface area contributed by atoms with Gasteiger partial charge in [0.25, 0.3) is 0 Å². The van der Waals surface area contributed by atoms with Gasteiger partial charge in [-0.05, 0) is 20.3 Å². The van der Waals surface area contributed by atoms with Gasteiger partial charge in [-0.1, -0.05) is 0 Å². The first kappa shape index (κ1) is 16.4. The quantitative estimate of drug-likeness (QED) is 0.577. The predicted molar refractivity (Wildman–Crippen MR) is 70.0 cm³/mol. The fraction of sp³-hybridized carbons (Fsp3) is 0.909. The van der Waals surface area contributed by atoms with E-state index in [1.165, 1.54) is 0 Å². The molecule has 8 heteroatoms. The van der Waals surface area contributed by atoms with Crippen molar-refractivity contribution in [2.24, 2.45) is 5.73 Å². The minimum absolute atomic E-state index is 0.162. The van der Waals surface area contributed by atoms with Crippen molar-refractivity contribution in [1.82, 2.24) is 4.72 Å². The van der Waals surface area contributed by atoms with Crippen LogP contribution in [-0.2, 0) is 24.3 Å². The highest BCUT2D eigenvalue weighted by atomic mass is 32.2. The minimum Gasteiger partial charge on any atom is -0.466 e. The maximum atomic E-state index is 11.8. The van der Waals surface area contributed by atoms with Crippen LogP contribution in [0.3, 0.4) is 0 Å². The second-order valence-corrected chi connectivity index (χ2v) is 6.28. The Morgan fingerprint density at radius 3 is 2.58 bits per heavy atom. The van der Waals surface area contributed by atoms with E-state index in [0.29, 0.717) is 13.0 Å². The lowest BCUT2D eigenvalue weighted by Gasteiger charge is -2.42. The Balaban J connectivity index is 2.43. The number of hydrogen-bond acceptors (Lipinski definition) is 6. The van der Waals surface area contributed by atoms with Gasteiger partial charge in [0.05, 0.1) is 30.9 Å². The molecule has 0 aromatic carbocycles. The summed E-state index contributed by atoms with van der Waals surface area (Å²) >= 11 is 0. The van der Waals surface area contributed by atoms with Gasteiger partial charge in [0.15, 0.2) is 0 Å². The lowest BCUT2D eigenvalue weighted by atomic mass is 9.84. The fourth-order valence-corrected chi connectivity index (χ4v) is 3.20. The second-order valence-electron chi connectivity index (χ2n) is 4.41. The van der Waals surface area contributed by atoms with Crippen molar-refractivity contribution in [2.45, 2.75) is 44.9 Å². The average molecular weight is 294 g/mol. The van der Waals surface area contributed by atoms with E-state index in [4.69, 9.17) is 10.5 Å². The van der Waals surface area contributed by atoms with Crippen LogP contribution in [0.1, 0.15) is 26.7 Å². The van der Waals surface area contributed by atoms with E-state index in [9.17, 15) is 13.2 Å². The molecule has 0 bridgehead atoms. The molecule has 0 radical (unpaired) electrons. The molecule has 0 aliphatic heterocycles. The van der Waals surface area contributed by atoms with Crippen LogP contribution < -0.4 is 10.5 Å². The summed E-state index contributed by atoms with van der Waals surface area (Å²) in [6, 6.07) is -0.652. The number of nitrogens with two attached hydrogens (primary N) is 1. The lowest BCUT2D eigenvalue weighted by Crippen LogP contribution is -2.64. The molecule has 0 spiro atoms. The van der Waals surface area contributed by atoms with Crippen molar-refractivity contribution in [2.75, 3.05) is 19.0 Å². The summed E-state index contributed by atoms with van der Waals surface area (Å²) in [7, 11) is -3.55. The zero-order chi connectivity index (χ0) is 14.5. The van der Waals surface area contributed by atoms with Crippen molar-refractivity contribution in [1.29, 1.82) is 0 Å². The van der Waals surface area contributed by atoms with Crippen LogP contribution in [0.15, 0.2) is 0 Å². The molecule has 0 heterocycles. The summed E-state index contributed by atoms with van der Waals surface area (Å²) in [5.74, 6) is -0.819. The lowest BCUT2D eigenvalue weighted by molar-refractivity contribution is -0.142. The van der Waals surface area contributed by atoms with Crippen LogP contribution in [0.25, 0.3) is 0 Å². The van der Waals surface area contributed by atoms with Crippen LogP contribution in [-0.4, -0.2) is 51.5 Å². The molecule has 19 heavy (non-hydrogen) atoms. The van der Waals surface area contributed by atoms with Crippen molar-refractivity contribution in [3.8, 4) is 0 Å². The maximum absolute atomic E-state index is 11.8. The molecule has 0 aromatic heterocycles. The molecule has 1 aliphatic rings. The number of sulfonamides is 1. The van der Waals surface area contributed by atoms with Gasteiger partial charge in [0.1, 0.15) is 0 Å². The molecule has 3 atom stereocenters. The van der Waals surface area contributed by atoms with E-state index >= 15 is 0 Å². The Labute approximate surface area is 113 Å². The number of nitrogens with one attached hydrogen (secondary N) is 1. The van der Waals surface area contributed by atoms with Crippen LogP contribution >= 0.6 is 0 Å². The zero-order valence-electron chi connectivity index (χ0n) is 11.3. The molecular formula is C11H22N2O5S. The molecule has 3 unspecified atom stereocenters. The van der Waals surface area contributed by atoms with Crippen LogP contribution in [0, 0.1) is 0 Å². The van der Waals surface area contributed by atoms with E-state index in [1.54, 1.807) is 6.92 Å². The van der Waals surface area contributed by atoms with Gasteiger partial charge in [0.2, 0.25) is 10.0 Å². The Hall–Kier alpha value is -0.700. The van der Waals surface area contributed by atoms with E-state index in [1.807, 2.05) is 6.92 Å². The summed E-state index contributed by atoms with van der Waals surface area (Å²) in [4.78, 5) is 11.1. The SMILES string of the molecule is CCOC(=O)CCS(=O)(=O)NC1C(N)CC1OCC.